The van der Waals surface area contributed by atoms with Gasteiger partial charge in [0.2, 0.25) is 11.9 Å². The second kappa shape index (κ2) is 7.36. The second-order valence-electron chi connectivity index (χ2n) is 7.33. The predicted octanol–water partition coefficient (Wildman–Crippen LogP) is 2.08. The molecule has 0 spiro atoms. The van der Waals surface area contributed by atoms with Gasteiger partial charge in [-0.25, -0.2) is 4.98 Å². The summed E-state index contributed by atoms with van der Waals surface area (Å²) in [7, 11) is 0. The molecule has 6 heteroatoms. The van der Waals surface area contributed by atoms with Crippen molar-refractivity contribution in [1.29, 1.82) is 0 Å². The van der Waals surface area contributed by atoms with Crippen LogP contribution in [0.3, 0.4) is 0 Å². The van der Waals surface area contributed by atoms with Crippen LogP contribution in [0.25, 0.3) is 0 Å². The first kappa shape index (κ1) is 17.0. The van der Waals surface area contributed by atoms with E-state index in [1.165, 1.54) is 12.8 Å². The second-order valence-corrected chi connectivity index (χ2v) is 7.33. The molecule has 0 radical (unpaired) electrons. The van der Waals surface area contributed by atoms with E-state index >= 15 is 0 Å². The summed E-state index contributed by atoms with van der Waals surface area (Å²) in [5.74, 6) is 2.56. The summed E-state index contributed by atoms with van der Waals surface area (Å²) in [6.07, 6.45) is 3.10. The SMILES string of the molecule is Cc1cc(N2CCN(C(=O)CC(C)C)CC2)nc(N2CCCC2)n1. The molecule has 2 saturated heterocycles. The van der Waals surface area contributed by atoms with Crippen molar-refractivity contribution in [2.45, 2.75) is 40.0 Å². The highest BCUT2D eigenvalue weighted by molar-refractivity contribution is 5.76. The fourth-order valence-corrected chi connectivity index (χ4v) is 3.42. The molecule has 132 valence electrons. The lowest BCUT2D eigenvalue weighted by atomic mass is 10.1. The summed E-state index contributed by atoms with van der Waals surface area (Å²) in [5, 5.41) is 0. The number of nitrogens with zero attached hydrogens (tertiary/aromatic N) is 5. The Morgan fingerprint density at radius 2 is 1.71 bits per heavy atom. The average Bonchev–Trinajstić information content (AvgIpc) is 3.08. The number of anilines is 2. The molecule has 0 saturated carbocycles. The lowest BCUT2D eigenvalue weighted by molar-refractivity contribution is -0.132. The monoisotopic (exact) mass is 331 g/mol. The maximum absolute atomic E-state index is 12.2. The van der Waals surface area contributed by atoms with E-state index in [0.717, 1.165) is 56.7 Å². The summed E-state index contributed by atoms with van der Waals surface area (Å²) in [4.78, 5) is 28.2. The van der Waals surface area contributed by atoms with Gasteiger partial charge in [0, 0.05) is 57.4 Å². The van der Waals surface area contributed by atoms with Gasteiger partial charge in [0.05, 0.1) is 0 Å². The van der Waals surface area contributed by atoms with E-state index in [-0.39, 0.29) is 5.91 Å². The first-order valence-electron chi connectivity index (χ1n) is 9.16. The summed E-state index contributed by atoms with van der Waals surface area (Å²) >= 11 is 0. The predicted molar refractivity (Wildman–Crippen MR) is 96.5 cm³/mol. The van der Waals surface area contributed by atoms with Crippen molar-refractivity contribution in [3.63, 3.8) is 0 Å². The molecule has 0 aromatic carbocycles. The van der Waals surface area contributed by atoms with Gasteiger partial charge < -0.3 is 14.7 Å². The number of rotatable bonds is 4. The molecule has 1 amide bonds. The number of piperazine rings is 1. The van der Waals surface area contributed by atoms with Crippen LogP contribution in [0.2, 0.25) is 0 Å². The summed E-state index contributed by atoms with van der Waals surface area (Å²) in [5.41, 5.74) is 1.01. The lowest BCUT2D eigenvalue weighted by Gasteiger charge is -2.36. The van der Waals surface area contributed by atoms with Gasteiger partial charge >= 0.3 is 0 Å². The molecule has 6 nitrogen and oxygen atoms in total. The van der Waals surface area contributed by atoms with Gasteiger partial charge in [0.1, 0.15) is 5.82 Å². The summed E-state index contributed by atoms with van der Waals surface area (Å²) in [6.45, 7) is 11.6. The third-order valence-corrected chi connectivity index (χ3v) is 4.76. The van der Waals surface area contributed by atoms with Crippen LogP contribution in [0.4, 0.5) is 11.8 Å². The maximum atomic E-state index is 12.2. The van der Waals surface area contributed by atoms with Crippen LogP contribution in [0.15, 0.2) is 6.07 Å². The standard InChI is InChI=1S/C18H29N5O/c1-14(2)12-17(24)22-10-8-21(9-11-22)16-13-15(3)19-18(20-16)23-6-4-5-7-23/h13-14H,4-12H2,1-3H3. The van der Waals surface area contributed by atoms with Crippen molar-refractivity contribution in [2.75, 3.05) is 49.1 Å². The van der Waals surface area contributed by atoms with Gasteiger partial charge in [-0.15, -0.1) is 0 Å². The van der Waals surface area contributed by atoms with Crippen molar-refractivity contribution in [2.24, 2.45) is 5.92 Å². The molecule has 3 rings (SSSR count). The number of carbonyl (C=O) groups excluding carboxylic acids is 1. The van der Waals surface area contributed by atoms with Crippen LogP contribution >= 0.6 is 0 Å². The molecule has 24 heavy (non-hydrogen) atoms. The van der Waals surface area contributed by atoms with Crippen LogP contribution in [0.1, 0.15) is 38.8 Å². The quantitative estimate of drug-likeness (QED) is 0.845. The highest BCUT2D eigenvalue weighted by atomic mass is 16.2. The van der Waals surface area contributed by atoms with Gasteiger partial charge in [-0.05, 0) is 25.7 Å². The van der Waals surface area contributed by atoms with Gasteiger partial charge in [0.15, 0.2) is 0 Å². The maximum Gasteiger partial charge on any atom is 0.227 e. The van der Waals surface area contributed by atoms with Crippen molar-refractivity contribution in [3.8, 4) is 0 Å². The fourth-order valence-electron chi connectivity index (χ4n) is 3.42. The molecule has 0 bridgehead atoms. The third-order valence-electron chi connectivity index (χ3n) is 4.76. The van der Waals surface area contributed by atoms with E-state index in [0.29, 0.717) is 12.3 Å². The Hall–Kier alpha value is -1.85. The largest absolute Gasteiger partial charge is 0.353 e. The van der Waals surface area contributed by atoms with Gasteiger partial charge in [0.25, 0.3) is 0 Å². The minimum atomic E-state index is 0.279. The van der Waals surface area contributed by atoms with E-state index < -0.39 is 0 Å². The molecular formula is C18H29N5O. The van der Waals surface area contributed by atoms with E-state index in [9.17, 15) is 4.79 Å². The van der Waals surface area contributed by atoms with Gasteiger partial charge in [-0.1, -0.05) is 13.8 Å². The van der Waals surface area contributed by atoms with Crippen LogP contribution < -0.4 is 9.80 Å². The van der Waals surface area contributed by atoms with Crippen molar-refractivity contribution in [1.82, 2.24) is 14.9 Å². The zero-order chi connectivity index (χ0) is 17.1. The highest BCUT2D eigenvalue weighted by Crippen LogP contribution is 2.22. The smallest absolute Gasteiger partial charge is 0.227 e. The fraction of sp³-hybridized carbons (Fsp3) is 0.722. The molecule has 1 aromatic rings. The van der Waals surface area contributed by atoms with Crippen LogP contribution in [-0.4, -0.2) is 60.0 Å². The molecular weight excluding hydrogens is 302 g/mol. The Balaban J connectivity index is 1.64. The Bertz CT molecular complexity index is 575. The highest BCUT2D eigenvalue weighted by Gasteiger charge is 2.24. The minimum Gasteiger partial charge on any atom is -0.353 e. The zero-order valence-electron chi connectivity index (χ0n) is 15.2. The number of carbonyl (C=O) groups is 1. The number of aryl methyl sites for hydroxylation is 1. The molecule has 0 N–H and O–H groups in total. The van der Waals surface area contributed by atoms with Crippen LogP contribution in [-0.2, 0) is 4.79 Å². The third kappa shape index (κ3) is 3.97. The first-order chi connectivity index (χ1) is 11.5. The number of hydrogen-bond donors (Lipinski definition) is 0. The molecule has 2 aliphatic heterocycles. The van der Waals surface area contributed by atoms with Gasteiger partial charge in [-0.3, -0.25) is 4.79 Å². The lowest BCUT2D eigenvalue weighted by Crippen LogP contribution is -2.49. The van der Waals surface area contributed by atoms with E-state index in [2.05, 4.69) is 34.7 Å². The summed E-state index contributed by atoms with van der Waals surface area (Å²) < 4.78 is 0. The average molecular weight is 331 g/mol. The van der Waals surface area contributed by atoms with Crippen LogP contribution in [0, 0.1) is 12.8 Å². The number of aromatic nitrogens is 2. The topological polar surface area (TPSA) is 52.6 Å². The van der Waals surface area contributed by atoms with Crippen molar-refractivity contribution >= 4 is 17.7 Å². The molecule has 2 fully saturated rings. The van der Waals surface area contributed by atoms with E-state index in [1.54, 1.807) is 0 Å². The Morgan fingerprint density at radius 3 is 2.33 bits per heavy atom. The Labute approximate surface area is 144 Å². The van der Waals surface area contributed by atoms with Crippen molar-refractivity contribution in [3.05, 3.63) is 11.8 Å². The molecule has 0 atom stereocenters. The van der Waals surface area contributed by atoms with Crippen LogP contribution in [0.5, 0.6) is 0 Å². The Morgan fingerprint density at radius 1 is 1.04 bits per heavy atom. The minimum absolute atomic E-state index is 0.279. The molecule has 2 aliphatic rings. The summed E-state index contributed by atoms with van der Waals surface area (Å²) in [6, 6.07) is 2.06. The molecule has 0 unspecified atom stereocenters. The molecule has 0 aliphatic carbocycles. The number of hydrogen-bond acceptors (Lipinski definition) is 5. The molecule has 3 heterocycles. The molecule has 1 aromatic heterocycles. The van der Waals surface area contributed by atoms with Gasteiger partial charge in [-0.2, -0.15) is 4.98 Å². The first-order valence-corrected chi connectivity index (χ1v) is 9.16. The van der Waals surface area contributed by atoms with Crippen molar-refractivity contribution < 1.29 is 4.79 Å². The zero-order valence-corrected chi connectivity index (χ0v) is 15.2. The number of amides is 1. The van der Waals surface area contributed by atoms with E-state index in [4.69, 9.17) is 4.98 Å². The Kier molecular flexibility index (Phi) is 5.21. The van der Waals surface area contributed by atoms with E-state index in [1.807, 2.05) is 11.8 Å². The normalized spacial score (nSPS) is 18.6.